The van der Waals surface area contributed by atoms with Crippen LogP contribution in [0.3, 0.4) is 0 Å². The third-order valence-electron chi connectivity index (χ3n) is 8.55. The first-order chi connectivity index (χ1) is 20.4. The van der Waals surface area contributed by atoms with Crippen LogP contribution in [0.25, 0.3) is 0 Å². The number of nitrogens with zero attached hydrogens (tertiary/aromatic N) is 3. The van der Waals surface area contributed by atoms with Gasteiger partial charge in [0, 0.05) is 6.04 Å². The molecule has 0 aromatic heterocycles. The second-order valence-corrected chi connectivity index (χ2v) is 18.4. The number of hydrogen-bond donors (Lipinski definition) is 0. The average molecular weight is 712 g/mol. The van der Waals surface area contributed by atoms with Crippen LogP contribution in [0, 0.1) is 24.4 Å². The van der Waals surface area contributed by atoms with Gasteiger partial charge in [0.05, 0.1) is 0 Å². The van der Waals surface area contributed by atoms with E-state index in [0.717, 1.165) is 47.7 Å². The number of allylic oxidation sites excluding steroid dienone is 5. The Balaban J connectivity index is 0.000000199. The molecule has 0 bridgehead atoms. The molecule has 43 heavy (non-hydrogen) atoms. The van der Waals surface area contributed by atoms with Gasteiger partial charge in [0.15, 0.2) is 0 Å². The number of para-hydroxylation sites is 1. The van der Waals surface area contributed by atoms with Crippen molar-refractivity contribution < 1.29 is 18.3 Å². The molecule has 0 saturated carbocycles. The summed E-state index contributed by atoms with van der Waals surface area (Å²) < 4.78 is 6.57. The number of benzene rings is 2. The molecule has 236 valence electrons. The molecule has 0 spiro atoms. The van der Waals surface area contributed by atoms with E-state index in [9.17, 15) is 0 Å². The van der Waals surface area contributed by atoms with Gasteiger partial charge < -0.3 is 9.80 Å². The molecule has 4 nitrogen and oxygen atoms in total. The van der Waals surface area contributed by atoms with E-state index in [-0.39, 0.29) is 0 Å². The molecule has 5 rings (SSSR count). The second-order valence-electron chi connectivity index (χ2n) is 12.6. The molecular formula is C36H49Cl2N3ORu. The van der Waals surface area contributed by atoms with E-state index in [1.54, 1.807) is 5.57 Å². The van der Waals surface area contributed by atoms with Gasteiger partial charge in [0.2, 0.25) is 0 Å². The maximum absolute atomic E-state index is 5.95. The van der Waals surface area contributed by atoms with Crippen LogP contribution < -0.4 is 4.90 Å². The Hall–Kier alpha value is -1.91. The van der Waals surface area contributed by atoms with Gasteiger partial charge in [-0.05, 0) is 75.7 Å². The zero-order chi connectivity index (χ0) is 31.3. The van der Waals surface area contributed by atoms with Crippen LogP contribution in [0.5, 0.6) is 11.5 Å². The summed E-state index contributed by atoms with van der Waals surface area (Å²) in [5.74, 6) is 3.92. The Morgan fingerprint density at radius 1 is 0.977 bits per heavy atom. The molecule has 7 heteroatoms. The standard InChI is InChI=1S/C21H33N2.C15H15NO.2ClH.Ru/c1-14-9-16(3)20(17(4)10-14)22-7-8-23(13-22)21-18(5)11-15(2)12-19(21)6;1-12-6-4-5-7-15(12)17-14-10-8-13(9-11-14)16(2)3;;;/h9,11,13-14,17,19-20H,7-8,10,12H2,1-6H3;1,4-11H,2-3H3;2*1H;/q-1;;;;+2/p-1/t14?,17-,19+,20+;;;;/m1..../s1. The van der Waals surface area contributed by atoms with Crippen LogP contribution in [-0.2, 0) is 13.5 Å². The van der Waals surface area contributed by atoms with Gasteiger partial charge in [-0.2, -0.15) is 6.67 Å². The fourth-order valence-electron chi connectivity index (χ4n) is 6.98. The summed E-state index contributed by atoms with van der Waals surface area (Å²) in [5.41, 5.74) is 8.22. The molecule has 1 saturated heterocycles. The zero-order valence-corrected chi connectivity index (χ0v) is 30.2. The Morgan fingerprint density at radius 3 is 2.30 bits per heavy atom. The maximum atomic E-state index is 5.95. The van der Waals surface area contributed by atoms with E-state index in [2.05, 4.69) is 79.8 Å². The molecule has 0 radical (unpaired) electrons. The summed E-state index contributed by atoms with van der Waals surface area (Å²) in [6, 6.07) is 16.6. The van der Waals surface area contributed by atoms with E-state index in [1.165, 1.54) is 29.7 Å². The van der Waals surface area contributed by atoms with E-state index in [1.807, 2.05) is 67.2 Å². The van der Waals surface area contributed by atoms with Crippen molar-refractivity contribution in [1.29, 1.82) is 0 Å². The fourth-order valence-corrected chi connectivity index (χ4v) is 8.80. The molecule has 1 aliphatic heterocycles. The third-order valence-corrected chi connectivity index (χ3v) is 10.4. The summed E-state index contributed by atoms with van der Waals surface area (Å²) in [6.45, 7) is 18.7. The Labute approximate surface area is 273 Å². The fraction of sp³-hybridized carbons (Fsp3) is 0.444. The van der Waals surface area contributed by atoms with Crippen molar-refractivity contribution in [2.75, 3.05) is 32.1 Å². The van der Waals surface area contributed by atoms with E-state index in [0.29, 0.717) is 12.0 Å². The summed E-state index contributed by atoms with van der Waals surface area (Å²) in [5, 5.41) is 0. The SMILES string of the molecule is CC1=CC(C)=C(N2[CH-]N([C@H]3C(C)=CC(C)C[C@H]3C)CC2)[C@@H](C)C1.CN(C)c1ccc([OH+]c2ccccc2[CH]=[Ru]([Cl])[Cl])cc1. The first kappa shape index (κ1) is 34.0. The molecule has 4 atom stereocenters. The van der Waals surface area contributed by atoms with E-state index < -0.39 is 13.5 Å². The first-order valence-electron chi connectivity index (χ1n) is 15.3. The summed E-state index contributed by atoms with van der Waals surface area (Å²) >= 11 is -1.84. The Morgan fingerprint density at radius 2 is 1.67 bits per heavy atom. The molecule has 1 fully saturated rings. The third kappa shape index (κ3) is 9.07. The predicted molar refractivity (Wildman–Crippen MR) is 184 cm³/mol. The van der Waals surface area contributed by atoms with Gasteiger partial charge in [0.1, 0.15) is 0 Å². The minimum atomic E-state index is -1.84. The molecule has 2 aliphatic carbocycles. The molecule has 3 aliphatic rings. The molecule has 1 unspecified atom stereocenters. The van der Waals surface area contributed by atoms with E-state index >= 15 is 0 Å². The summed E-state index contributed by atoms with van der Waals surface area (Å²) in [6.07, 6.45) is 7.38. The number of aromatic hydroxyl groups is 2. The molecule has 0 amide bonds. The molecule has 2 aromatic carbocycles. The monoisotopic (exact) mass is 711 g/mol. The summed E-state index contributed by atoms with van der Waals surface area (Å²) in [4.78, 5) is 7.18. The van der Waals surface area contributed by atoms with Gasteiger partial charge >= 0.3 is 133 Å². The number of halogens is 2. The van der Waals surface area contributed by atoms with Gasteiger partial charge in [0.25, 0.3) is 0 Å². The van der Waals surface area contributed by atoms with Crippen molar-refractivity contribution in [3.8, 4) is 11.5 Å². The van der Waals surface area contributed by atoms with Crippen LogP contribution in [0.4, 0.5) is 5.69 Å². The van der Waals surface area contributed by atoms with Gasteiger partial charge in [-0.25, -0.2) is 0 Å². The topological polar surface area (TPSA) is 22.5 Å². The number of rotatable bonds is 6. The number of hydrogen-bond acceptors (Lipinski definition) is 3. The average Bonchev–Trinajstić information content (AvgIpc) is 3.38. The molecule has 1 heterocycles. The Bertz CT molecular complexity index is 1380. The predicted octanol–water partition coefficient (Wildman–Crippen LogP) is 9.46. The molecular weight excluding hydrogens is 662 g/mol. The molecule has 2 aromatic rings. The van der Waals surface area contributed by atoms with Crippen LogP contribution in [0.15, 0.2) is 83.1 Å². The summed E-state index contributed by atoms with van der Waals surface area (Å²) in [7, 11) is 15.9. The van der Waals surface area contributed by atoms with Crippen molar-refractivity contribution >= 4 is 29.7 Å². The number of anilines is 1. The first-order valence-corrected chi connectivity index (χ1v) is 20.8. The Kier molecular flexibility index (Phi) is 12.2. The van der Waals surface area contributed by atoms with Crippen molar-refractivity contribution in [3.63, 3.8) is 0 Å². The quantitative estimate of drug-likeness (QED) is 0.129. The minimum absolute atomic E-state index is 0.591. The van der Waals surface area contributed by atoms with Gasteiger partial charge in [-0.15, -0.1) is 0 Å². The van der Waals surface area contributed by atoms with Crippen molar-refractivity contribution in [1.82, 2.24) is 9.80 Å². The van der Waals surface area contributed by atoms with Crippen molar-refractivity contribution in [2.24, 2.45) is 17.8 Å². The molecule has 1 N–H and O–H groups in total. The van der Waals surface area contributed by atoms with Crippen LogP contribution in [-0.4, -0.2) is 52.4 Å². The van der Waals surface area contributed by atoms with Crippen molar-refractivity contribution in [2.45, 2.75) is 60.4 Å². The normalized spacial score (nSPS) is 24.5. The van der Waals surface area contributed by atoms with Crippen molar-refractivity contribution in [3.05, 3.63) is 95.3 Å². The van der Waals surface area contributed by atoms with Gasteiger partial charge in [-0.3, -0.25) is 0 Å². The zero-order valence-electron chi connectivity index (χ0n) is 27.0. The number of ether oxygens (including phenoxy) is 1. The van der Waals surface area contributed by atoms with Crippen LogP contribution in [0.1, 0.15) is 59.9 Å². The van der Waals surface area contributed by atoms with Crippen LogP contribution in [0.2, 0.25) is 0 Å². The van der Waals surface area contributed by atoms with E-state index in [4.69, 9.17) is 19.4 Å². The second kappa shape index (κ2) is 15.4. The van der Waals surface area contributed by atoms with Crippen LogP contribution >= 0.6 is 19.4 Å². The van der Waals surface area contributed by atoms with Gasteiger partial charge in [-0.1, -0.05) is 44.1 Å².